The van der Waals surface area contributed by atoms with Gasteiger partial charge in [0.15, 0.2) is 0 Å². The molecule has 27 heavy (non-hydrogen) atoms. The van der Waals surface area contributed by atoms with Crippen LogP contribution in [0.5, 0.6) is 5.75 Å². The highest BCUT2D eigenvalue weighted by Crippen LogP contribution is 2.24. The predicted molar refractivity (Wildman–Crippen MR) is 109 cm³/mol. The second-order valence-electron chi connectivity index (χ2n) is 6.55. The highest BCUT2D eigenvalue weighted by atomic mass is 16.5. The van der Waals surface area contributed by atoms with E-state index in [1.54, 1.807) is 0 Å². The first-order valence-electron chi connectivity index (χ1n) is 8.88. The summed E-state index contributed by atoms with van der Waals surface area (Å²) < 4.78 is 8.11. The van der Waals surface area contributed by atoms with Crippen LogP contribution in [0.25, 0.3) is 10.9 Å². The molecule has 4 heteroatoms. The van der Waals surface area contributed by atoms with Crippen LogP contribution in [-0.4, -0.2) is 10.4 Å². The Labute approximate surface area is 158 Å². The SMILES string of the molecule is N=C(N)c1cccc(Cn2ccc3cc(OCc4ccccc4)ccc32)c1. The van der Waals surface area contributed by atoms with Gasteiger partial charge >= 0.3 is 0 Å². The normalized spacial score (nSPS) is 10.8. The topological polar surface area (TPSA) is 64.0 Å². The number of hydrogen-bond acceptors (Lipinski definition) is 2. The van der Waals surface area contributed by atoms with Crippen LogP contribution in [0, 0.1) is 5.41 Å². The average Bonchev–Trinajstić information content (AvgIpc) is 3.09. The fraction of sp³-hybridized carbons (Fsp3) is 0.0870. The third-order valence-electron chi connectivity index (χ3n) is 4.58. The highest BCUT2D eigenvalue weighted by Gasteiger charge is 2.05. The number of rotatable bonds is 6. The Bertz CT molecular complexity index is 1080. The first-order chi connectivity index (χ1) is 13.2. The molecule has 4 aromatic rings. The summed E-state index contributed by atoms with van der Waals surface area (Å²) in [6, 6.07) is 26.2. The molecule has 3 N–H and O–H groups in total. The smallest absolute Gasteiger partial charge is 0.122 e. The summed E-state index contributed by atoms with van der Waals surface area (Å²) in [4.78, 5) is 0. The maximum Gasteiger partial charge on any atom is 0.122 e. The molecule has 0 saturated carbocycles. The minimum absolute atomic E-state index is 0.0921. The Balaban J connectivity index is 1.52. The zero-order valence-corrected chi connectivity index (χ0v) is 14.9. The molecule has 4 rings (SSSR count). The van der Waals surface area contributed by atoms with E-state index in [2.05, 4.69) is 47.2 Å². The summed E-state index contributed by atoms with van der Waals surface area (Å²) in [5.74, 6) is 0.956. The average molecular weight is 355 g/mol. The molecule has 0 bridgehead atoms. The zero-order valence-electron chi connectivity index (χ0n) is 14.9. The summed E-state index contributed by atoms with van der Waals surface area (Å²) in [5.41, 5.74) is 9.76. The van der Waals surface area contributed by atoms with Crippen LogP contribution in [0.1, 0.15) is 16.7 Å². The van der Waals surface area contributed by atoms with Gasteiger partial charge in [0.05, 0.1) is 0 Å². The molecule has 3 aromatic carbocycles. The molecule has 0 spiro atoms. The van der Waals surface area contributed by atoms with E-state index in [4.69, 9.17) is 15.9 Å². The molecule has 1 heterocycles. The van der Waals surface area contributed by atoms with Gasteiger partial charge in [-0.1, -0.05) is 48.5 Å². The van der Waals surface area contributed by atoms with Crippen molar-refractivity contribution in [3.05, 3.63) is 102 Å². The maximum absolute atomic E-state index is 7.60. The quantitative estimate of drug-likeness (QED) is 0.393. The maximum atomic E-state index is 7.60. The Morgan fingerprint density at radius 2 is 1.70 bits per heavy atom. The van der Waals surface area contributed by atoms with Crippen molar-refractivity contribution in [2.45, 2.75) is 13.2 Å². The van der Waals surface area contributed by atoms with E-state index in [0.717, 1.165) is 39.9 Å². The zero-order chi connectivity index (χ0) is 18.6. The van der Waals surface area contributed by atoms with Crippen molar-refractivity contribution in [2.75, 3.05) is 0 Å². The first kappa shape index (κ1) is 16.9. The van der Waals surface area contributed by atoms with Gasteiger partial charge in [-0.05, 0) is 41.5 Å². The Hall–Kier alpha value is -3.53. The highest BCUT2D eigenvalue weighted by molar-refractivity contribution is 5.95. The van der Waals surface area contributed by atoms with Crippen molar-refractivity contribution in [2.24, 2.45) is 5.73 Å². The van der Waals surface area contributed by atoms with Crippen LogP contribution in [0.2, 0.25) is 0 Å². The van der Waals surface area contributed by atoms with E-state index < -0.39 is 0 Å². The fourth-order valence-electron chi connectivity index (χ4n) is 3.18. The van der Waals surface area contributed by atoms with Gasteiger partial charge in [0.1, 0.15) is 18.2 Å². The Morgan fingerprint density at radius 1 is 0.889 bits per heavy atom. The van der Waals surface area contributed by atoms with Crippen LogP contribution in [0.4, 0.5) is 0 Å². The third kappa shape index (κ3) is 3.85. The molecule has 4 nitrogen and oxygen atoms in total. The van der Waals surface area contributed by atoms with Gasteiger partial charge in [-0.3, -0.25) is 5.41 Å². The van der Waals surface area contributed by atoms with Crippen LogP contribution in [0.3, 0.4) is 0 Å². The Morgan fingerprint density at radius 3 is 2.52 bits per heavy atom. The number of fused-ring (bicyclic) bond motifs is 1. The molecule has 134 valence electrons. The van der Waals surface area contributed by atoms with E-state index in [0.29, 0.717) is 6.61 Å². The van der Waals surface area contributed by atoms with Gasteiger partial charge < -0.3 is 15.0 Å². The molecule has 0 saturated heterocycles. The number of nitrogens with one attached hydrogen (secondary N) is 1. The summed E-state index contributed by atoms with van der Waals surface area (Å²) in [6.45, 7) is 1.29. The minimum Gasteiger partial charge on any atom is -0.489 e. The van der Waals surface area contributed by atoms with Crippen molar-refractivity contribution < 1.29 is 4.74 Å². The molecule has 0 atom stereocenters. The van der Waals surface area contributed by atoms with E-state index in [-0.39, 0.29) is 5.84 Å². The van der Waals surface area contributed by atoms with E-state index in [1.165, 1.54) is 0 Å². The predicted octanol–water partition coefficient (Wildman–Crippen LogP) is 4.55. The molecule has 0 radical (unpaired) electrons. The molecule has 0 unspecified atom stereocenters. The van der Waals surface area contributed by atoms with Crippen molar-refractivity contribution in [3.63, 3.8) is 0 Å². The van der Waals surface area contributed by atoms with Gasteiger partial charge in [0.25, 0.3) is 0 Å². The molecule has 0 aliphatic carbocycles. The van der Waals surface area contributed by atoms with Gasteiger partial charge in [-0.25, -0.2) is 0 Å². The molecule has 0 aliphatic heterocycles. The monoisotopic (exact) mass is 355 g/mol. The first-order valence-corrected chi connectivity index (χ1v) is 8.88. The lowest BCUT2D eigenvalue weighted by Crippen LogP contribution is -2.11. The number of aromatic nitrogens is 1. The summed E-state index contributed by atoms with van der Waals surface area (Å²) >= 11 is 0. The van der Waals surface area contributed by atoms with Crippen molar-refractivity contribution >= 4 is 16.7 Å². The van der Waals surface area contributed by atoms with Gasteiger partial charge in [0.2, 0.25) is 0 Å². The second-order valence-corrected chi connectivity index (χ2v) is 6.55. The third-order valence-corrected chi connectivity index (χ3v) is 4.58. The number of benzene rings is 3. The van der Waals surface area contributed by atoms with Gasteiger partial charge in [-0.15, -0.1) is 0 Å². The lowest BCUT2D eigenvalue weighted by molar-refractivity contribution is 0.306. The fourth-order valence-corrected chi connectivity index (χ4v) is 3.18. The summed E-state index contributed by atoms with van der Waals surface area (Å²) in [5, 5.41) is 8.74. The van der Waals surface area contributed by atoms with Crippen LogP contribution in [-0.2, 0) is 13.2 Å². The molecule has 1 aromatic heterocycles. The lowest BCUT2D eigenvalue weighted by atomic mass is 10.1. The van der Waals surface area contributed by atoms with Crippen molar-refractivity contribution in [1.29, 1.82) is 5.41 Å². The number of nitrogens with two attached hydrogens (primary N) is 1. The number of hydrogen-bond donors (Lipinski definition) is 2. The van der Waals surface area contributed by atoms with Crippen LogP contribution < -0.4 is 10.5 Å². The minimum atomic E-state index is 0.0921. The lowest BCUT2D eigenvalue weighted by Gasteiger charge is -2.09. The molecular formula is C23H21N3O. The van der Waals surface area contributed by atoms with Crippen LogP contribution in [0.15, 0.2) is 85.1 Å². The summed E-state index contributed by atoms with van der Waals surface area (Å²) in [6.07, 6.45) is 2.08. The summed E-state index contributed by atoms with van der Waals surface area (Å²) in [7, 11) is 0. The van der Waals surface area contributed by atoms with Gasteiger partial charge in [-0.2, -0.15) is 0 Å². The molecular weight excluding hydrogens is 334 g/mol. The molecule has 0 fully saturated rings. The molecule has 0 aliphatic rings. The van der Waals surface area contributed by atoms with Crippen molar-refractivity contribution in [3.8, 4) is 5.75 Å². The standard InChI is InChI=1S/C23H21N3O/c24-23(25)20-8-4-7-18(13-20)15-26-12-11-19-14-21(9-10-22(19)26)27-16-17-5-2-1-3-6-17/h1-14H,15-16H2,(H3,24,25). The van der Waals surface area contributed by atoms with E-state index in [1.807, 2.05) is 42.5 Å². The Kier molecular flexibility index (Phi) is 4.62. The number of amidine groups is 1. The van der Waals surface area contributed by atoms with E-state index in [9.17, 15) is 0 Å². The van der Waals surface area contributed by atoms with E-state index >= 15 is 0 Å². The molecule has 0 amide bonds. The number of ether oxygens (including phenoxy) is 1. The van der Waals surface area contributed by atoms with Crippen molar-refractivity contribution in [1.82, 2.24) is 4.57 Å². The number of nitrogen functional groups attached to an aromatic ring is 1. The largest absolute Gasteiger partial charge is 0.489 e. The van der Waals surface area contributed by atoms with Crippen LogP contribution >= 0.6 is 0 Å². The second kappa shape index (κ2) is 7.38. The van der Waals surface area contributed by atoms with Gasteiger partial charge in [0, 0.05) is 29.2 Å². The number of nitrogens with zero attached hydrogens (tertiary/aromatic N) is 1.